The molecule has 0 atom stereocenters. The maximum Gasteiger partial charge on any atom is 0.265 e. The van der Waals surface area contributed by atoms with Crippen molar-refractivity contribution in [3.8, 4) is 40.1 Å². The van der Waals surface area contributed by atoms with Crippen LogP contribution in [0.2, 0.25) is 0 Å². The zero-order valence-electron chi connectivity index (χ0n) is 24.1. The largest absolute Gasteiger partial charge is 0.508 e. The Kier molecular flexibility index (Phi) is 8.00. The van der Waals surface area contributed by atoms with E-state index in [-0.39, 0.29) is 45.7 Å². The van der Waals surface area contributed by atoms with Crippen molar-refractivity contribution >= 4 is 26.6 Å². The van der Waals surface area contributed by atoms with Crippen LogP contribution in [0, 0.1) is 23.0 Å². The first-order valence-corrected chi connectivity index (χ1v) is 15.2. The number of pyridine rings is 1. The van der Waals surface area contributed by atoms with Gasteiger partial charge in [0.1, 0.15) is 35.6 Å². The Morgan fingerprint density at radius 1 is 0.935 bits per heavy atom. The smallest absolute Gasteiger partial charge is 0.265 e. The Labute approximate surface area is 262 Å². The SMILES string of the molecule is COc1nc(-c2cc(F)cc(F)c2)c(C#N)cc1-c1cccc2cc(S(=O)(=O)N(Cc3ccc(O)cc3)c3ccncn3)ccc12. The van der Waals surface area contributed by atoms with Gasteiger partial charge in [0.15, 0.2) is 0 Å². The van der Waals surface area contributed by atoms with E-state index in [1.165, 1.54) is 56.0 Å². The molecule has 0 unspecified atom stereocenters. The molecule has 0 aliphatic heterocycles. The number of aromatic nitrogens is 3. The molecule has 0 amide bonds. The molecule has 12 heteroatoms. The molecule has 0 radical (unpaired) electrons. The number of hydrogen-bond acceptors (Lipinski definition) is 8. The lowest BCUT2D eigenvalue weighted by Gasteiger charge is -2.24. The summed E-state index contributed by atoms with van der Waals surface area (Å²) in [6.45, 7) is -0.0565. The van der Waals surface area contributed by atoms with Crippen LogP contribution in [0.3, 0.4) is 0 Å². The highest BCUT2D eigenvalue weighted by Gasteiger charge is 2.27. The Hall–Kier alpha value is -5.93. The van der Waals surface area contributed by atoms with Gasteiger partial charge >= 0.3 is 0 Å². The highest BCUT2D eigenvalue weighted by molar-refractivity contribution is 7.92. The second kappa shape index (κ2) is 12.2. The van der Waals surface area contributed by atoms with Crippen LogP contribution >= 0.6 is 0 Å². The molecule has 0 aliphatic carbocycles. The zero-order chi connectivity index (χ0) is 32.4. The summed E-state index contributed by atoms with van der Waals surface area (Å²) in [4.78, 5) is 12.5. The van der Waals surface area contributed by atoms with E-state index < -0.39 is 21.7 Å². The summed E-state index contributed by atoms with van der Waals surface area (Å²) in [5.74, 6) is -1.31. The van der Waals surface area contributed by atoms with Gasteiger partial charge in [0.05, 0.1) is 29.8 Å². The molecule has 6 aromatic rings. The zero-order valence-corrected chi connectivity index (χ0v) is 24.9. The Morgan fingerprint density at radius 3 is 2.37 bits per heavy atom. The Morgan fingerprint density at radius 2 is 1.70 bits per heavy atom. The fourth-order valence-corrected chi connectivity index (χ4v) is 6.56. The van der Waals surface area contributed by atoms with Gasteiger partial charge in [-0.25, -0.2) is 36.5 Å². The number of nitriles is 1. The number of ether oxygens (including phenoxy) is 1. The van der Waals surface area contributed by atoms with E-state index in [0.717, 1.165) is 22.5 Å². The van der Waals surface area contributed by atoms with Crippen LogP contribution in [0.1, 0.15) is 11.1 Å². The second-order valence-electron chi connectivity index (χ2n) is 10.1. The highest BCUT2D eigenvalue weighted by Crippen LogP contribution is 2.38. The summed E-state index contributed by atoms with van der Waals surface area (Å²) >= 11 is 0. The first-order chi connectivity index (χ1) is 22.2. The summed E-state index contributed by atoms with van der Waals surface area (Å²) < 4.78 is 62.9. The van der Waals surface area contributed by atoms with E-state index in [9.17, 15) is 27.6 Å². The van der Waals surface area contributed by atoms with Crippen molar-refractivity contribution in [2.24, 2.45) is 0 Å². The number of anilines is 1. The third kappa shape index (κ3) is 5.79. The Balaban J connectivity index is 1.45. The fourth-order valence-electron chi connectivity index (χ4n) is 5.11. The van der Waals surface area contributed by atoms with Gasteiger partial charge in [-0.2, -0.15) is 5.26 Å². The molecule has 0 fully saturated rings. The third-order valence-electron chi connectivity index (χ3n) is 7.25. The van der Waals surface area contributed by atoms with E-state index in [0.29, 0.717) is 27.5 Å². The molecule has 0 saturated carbocycles. The number of phenols is 1. The van der Waals surface area contributed by atoms with Crippen LogP contribution in [0.25, 0.3) is 33.2 Å². The van der Waals surface area contributed by atoms with Crippen molar-refractivity contribution in [2.75, 3.05) is 11.4 Å². The summed E-state index contributed by atoms with van der Waals surface area (Å²) in [7, 11) is -2.77. The number of hydrogen-bond donors (Lipinski definition) is 1. The number of methoxy groups -OCH3 is 1. The van der Waals surface area contributed by atoms with Crippen LogP contribution < -0.4 is 9.04 Å². The number of phenolic OH excluding ortho intramolecular Hbond substituents is 1. The van der Waals surface area contributed by atoms with Crippen molar-refractivity contribution in [1.29, 1.82) is 5.26 Å². The molecule has 228 valence electrons. The van der Waals surface area contributed by atoms with E-state index in [1.807, 2.05) is 0 Å². The summed E-state index contributed by atoms with van der Waals surface area (Å²) in [5, 5.41) is 20.9. The van der Waals surface area contributed by atoms with Crippen LogP contribution in [-0.2, 0) is 16.6 Å². The lowest BCUT2D eigenvalue weighted by atomic mass is 9.96. The maximum atomic E-state index is 14.1. The van der Waals surface area contributed by atoms with Gasteiger partial charge in [-0.1, -0.05) is 36.4 Å². The molecule has 0 saturated heterocycles. The lowest BCUT2D eigenvalue weighted by Crippen LogP contribution is -2.31. The van der Waals surface area contributed by atoms with Gasteiger partial charge < -0.3 is 9.84 Å². The first-order valence-electron chi connectivity index (χ1n) is 13.7. The molecule has 1 N–H and O–H groups in total. The molecule has 2 heterocycles. The summed E-state index contributed by atoms with van der Waals surface area (Å²) in [6.07, 6.45) is 2.70. The number of fused-ring (bicyclic) bond motifs is 1. The fraction of sp³-hybridized carbons (Fsp3) is 0.0588. The maximum absolute atomic E-state index is 14.1. The van der Waals surface area contributed by atoms with Gasteiger partial charge in [0.25, 0.3) is 10.0 Å². The Bertz CT molecular complexity index is 2220. The van der Waals surface area contributed by atoms with Crippen LogP contribution in [-0.4, -0.2) is 35.6 Å². The van der Waals surface area contributed by atoms with Crippen molar-refractivity contribution < 1.29 is 27.0 Å². The monoisotopic (exact) mass is 635 g/mol. The molecule has 2 aromatic heterocycles. The minimum absolute atomic E-state index is 0.000762. The topological polar surface area (TPSA) is 129 Å². The molecule has 46 heavy (non-hydrogen) atoms. The average Bonchev–Trinajstić information content (AvgIpc) is 3.06. The van der Waals surface area contributed by atoms with E-state index in [1.54, 1.807) is 36.4 Å². The minimum atomic E-state index is -4.16. The van der Waals surface area contributed by atoms with Crippen molar-refractivity contribution in [3.63, 3.8) is 0 Å². The number of aromatic hydroxyl groups is 1. The van der Waals surface area contributed by atoms with Gasteiger partial charge in [0, 0.05) is 29.5 Å². The van der Waals surface area contributed by atoms with Gasteiger partial charge in [-0.05, 0) is 64.4 Å². The van der Waals surface area contributed by atoms with Crippen LogP contribution in [0.4, 0.5) is 14.6 Å². The van der Waals surface area contributed by atoms with Crippen molar-refractivity contribution in [3.05, 3.63) is 126 Å². The van der Waals surface area contributed by atoms with Gasteiger partial charge in [-0.15, -0.1) is 0 Å². The normalized spacial score (nSPS) is 11.3. The summed E-state index contributed by atoms with van der Waals surface area (Å²) in [5.41, 5.74) is 1.83. The number of nitrogens with zero attached hydrogens (tertiary/aromatic N) is 5. The predicted molar refractivity (Wildman–Crippen MR) is 167 cm³/mol. The third-order valence-corrected chi connectivity index (χ3v) is 9.00. The lowest BCUT2D eigenvalue weighted by molar-refractivity contribution is 0.400. The number of halogens is 2. The molecule has 4 aromatic carbocycles. The van der Waals surface area contributed by atoms with E-state index in [2.05, 4.69) is 21.0 Å². The number of sulfonamides is 1. The van der Waals surface area contributed by atoms with Crippen molar-refractivity contribution in [2.45, 2.75) is 11.4 Å². The number of rotatable bonds is 8. The highest BCUT2D eigenvalue weighted by atomic mass is 32.2. The second-order valence-corrected chi connectivity index (χ2v) is 12.0. The average molecular weight is 636 g/mol. The molecular weight excluding hydrogens is 612 g/mol. The first kappa shape index (κ1) is 30.1. The molecule has 0 spiro atoms. The molecule has 0 aliphatic rings. The molecule has 6 rings (SSSR count). The molecule has 0 bridgehead atoms. The van der Waals surface area contributed by atoms with E-state index >= 15 is 0 Å². The quantitative estimate of drug-likeness (QED) is 0.198. The minimum Gasteiger partial charge on any atom is -0.508 e. The number of benzene rings is 4. The van der Waals surface area contributed by atoms with E-state index in [4.69, 9.17) is 4.74 Å². The van der Waals surface area contributed by atoms with Crippen LogP contribution in [0.15, 0.2) is 108 Å². The van der Waals surface area contributed by atoms with Gasteiger partial charge in [0.2, 0.25) is 5.88 Å². The van der Waals surface area contributed by atoms with Gasteiger partial charge in [-0.3, -0.25) is 0 Å². The van der Waals surface area contributed by atoms with Crippen LogP contribution in [0.5, 0.6) is 11.6 Å². The predicted octanol–water partition coefficient (Wildman–Crippen LogP) is 6.62. The standard InChI is InChI=1S/C34H23F2N5O4S/c1-45-34-31(16-24(18-37)33(40-34)23-13-25(35)17-26(36)14-23)30-4-2-3-22-15-28(9-10-29(22)30)46(43,44)41(32-11-12-38-20-39-32)19-21-5-7-27(42)8-6-21/h2-17,20,42H,19H2,1H3. The molecule has 9 nitrogen and oxygen atoms in total. The van der Waals surface area contributed by atoms with Crippen molar-refractivity contribution in [1.82, 2.24) is 15.0 Å². The molecular formula is C34H23F2N5O4S. The summed E-state index contributed by atoms with van der Waals surface area (Å²) in [6, 6.07) is 24.1.